The summed E-state index contributed by atoms with van der Waals surface area (Å²) in [6.07, 6.45) is 1.96. The van der Waals surface area contributed by atoms with Crippen molar-refractivity contribution in [1.82, 2.24) is 14.8 Å². The molecule has 0 bridgehead atoms. The summed E-state index contributed by atoms with van der Waals surface area (Å²) < 4.78 is 12.9. The minimum Gasteiger partial charge on any atom is -0.497 e. The number of ether oxygens (including phenoxy) is 2. The highest BCUT2D eigenvalue weighted by atomic mass is 16.5. The summed E-state index contributed by atoms with van der Waals surface area (Å²) in [6.45, 7) is 7.08. The van der Waals surface area contributed by atoms with Crippen molar-refractivity contribution < 1.29 is 14.3 Å². The lowest BCUT2D eigenvalue weighted by Crippen LogP contribution is -2.46. The van der Waals surface area contributed by atoms with Gasteiger partial charge in [0.15, 0.2) is 0 Å². The van der Waals surface area contributed by atoms with E-state index in [1.165, 1.54) is 0 Å². The summed E-state index contributed by atoms with van der Waals surface area (Å²) in [5.74, 6) is 1.57. The average Bonchev–Trinajstić information content (AvgIpc) is 3.17. The number of piperidine rings is 1. The molecule has 1 fully saturated rings. The molecule has 0 unspecified atom stereocenters. The Morgan fingerprint density at radius 2 is 1.75 bits per heavy atom. The van der Waals surface area contributed by atoms with Crippen molar-refractivity contribution in [3.8, 4) is 11.5 Å². The van der Waals surface area contributed by atoms with Gasteiger partial charge in [0.05, 0.1) is 14.2 Å². The molecule has 1 amide bonds. The van der Waals surface area contributed by atoms with Crippen LogP contribution in [0.25, 0.3) is 10.9 Å². The molecular formula is C26H33N3O3. The lowest BCUT2D eigenvalue weighted by Gasteiger charge is -2.34. The maximum Gasteiger partial charge on any atom is 0.268 e. The predicted octanol–water partition coefficient (Wildman–Crippen LogP) is 4.31. The van der Waals surface area contributed by atoms with Crippen molar-refractivity contribution in [3.05, 3.63) is 59.8 Å². The minimum atomic E-state index is -0.0222. The number of rotatable bonds is 7. The second kappa shape index (κ2) is 9.65. The Balaban J connectivity index is 1.62. The van der Waals surface area contributed by atoms with Crippen molar-refractivity contribution in [1.29, 1.82) is 0 Å². The van der Waals surface area contributed by atoms with Crippen molar-refractivity contribution in [3.63, 3.8) is 0 Å². The predicted molar refractivity (Wildman–Crippen MR) is 128 cm³/mol. The van der Waals surface area contributed by atoms with Crippen LogP contribution in [-0.4, -0.2) is 54.8 Å². The highest BCUT2D eigenvalue weighted by Gasteiger charge is 2.24. The Labute approximate surface area is 190 Å². The van der Waals surface area contributed by atoms with E-state index in [-0.39, 0.29) is 11.9 Å². The summed E-state index contributed by atoms with van der Waals surface area (Å²) in [6, 6.07) is 16.6. The number of carbonyl (C=O) groups is 1. The van der Waals surface area contributed by atoms with Crippen LogP contribution in [-0.2, 0) is 6.54 Å². The van der Waals surface area contributed by atoms with Gasteiger partial charge in [0, 0.05) is 42.6 Å². The van der Waals surface area contributed by atoms with E-state index in [1.54, 1.807) is 14.2 Å². The molecule has 1 aliphatic rings. The first-order valence-electron chi connectivity index (χ1n) is 11.3. The summed E-state index contributed by atoms with van der Waals surface area (Å²) in [5, 5.41) is 4.28. The van der Waals surface area contributed by atoms with E-state index in [9.17, 15) is 4.79 Å². The summed E-state index contributed by atoms with van der Waals surface area (Å²) >= 11 is 0. The van der Waals surface area contributed by atoms with Gasteiger partial charge >= 0.3 is 0 Å². The second-order valence-corrected chi connectivity index (χ2v) is 8.77. The van der Waals surface area contributed by atoms with Crippen molar-refractivity contribution in [2.75, 3.05) is 27.3 Å². The Morgan fingerprint density at radius 1 is 1.03 bits per heavy atom. The highest BCUT2D eigenvalue weighted by Crippen LogP contribution is 2.27. The van der Waals surface area contributed by atoms with E-state index in [4.69, 9.17) is 9.47 Å². The fourth-order valence-corrected chi connectivity index (χ4v) is 4.51. The molecule has 170 valence electrons. The number of nitrogens with zero attached hydrogens (tertiary/aromatic N) is 2. The maximum atomic E-state index is 13.4. The lowest BCUT2D eigenvalue weighted by atomic mass is 10.0. The van der Waals surface area contributed by atoms with Crippen molar-refractivity contribution >= 4 is 16.8 Å². The van der Waals surface area contributed by atoms with E-state index in [1.807, 2.05) is 42.5 Å². The third-order valence-electron chi connectivity index (χ3n) is 6.41. The van der Waals surface area contributed by atoms with Gasteiger partial charge in [-0.3, -0.25) is 4.79 Å². The molecule has 2 aromatic carbocycles. The smallest absolute Gasteiger partial charge is 0.268 e. The fraction of sp³-hybridized carbons (Fsp3) is 0.423. The third kappa shape index (κ3) is 4.75. The number of hydrogen-bond acceptors (Lipinski definition) is 4. The van der Waals surface area contributed by atoms with Crippen LogP contribution in [0, 0.1) is 0 Å². The number of hydrogen-bond donors (Lipinski definition) is 1. The van der Waals surface area contributed by atoms with Gasteiger partial charge in [-0.2, -0.15) is 0 Å². The van der Waals surface area contributed by atoms with Crippen LogP contribution < -0.4 is 14.8 Å². The minimum absolute atomic E-state index is 0.0222. The van der Waals surface area contributed by atoms with Gasteiger partial charge < -0.3 is 24.3 Å². The molecule has 1 aromatic heterocycles. The molecule has 4 rings (SSSR count). The molecular weight excluding hydrogens is 402 g/mol. The van der Waals surface area contributed by atoms with Crippen LogP contribution >= 0.6 is 0 Å². The fourth-order valence-electron chi connectivity index (χ4n) is 4.51. The molecule has 32 heavy (non-hydrogen) atoms. The second-order valence-electron chi connectivity index (χ2n) is 8.77. The standard InChI is InChI=1S/C26H33N3O3/c1-18(2)28-12-10-21(11-13-28)27-26(30)25-16-20-15-23(32-4)8-9-24(20)29(25)17-19-6-5-7-22(14-19)31-3/h5-9,14-16,18,21H,10-13,17H2,1-4H3,(H,27,30). The van der Waals surface area contributed by atoms with Gasteiger partial charge in [-0.25, -0.2) is 0 Å². The number of amides is 1. The molecule has 0 spiro atoms. The molecule has 0 radical (unpaired) electrons. The van der Waals surface area contributed by atoms with Crippen LogP contribution in [0.15, 0.2) is 48.5 Å². The number of methoxy groups -OCH3 is 2. The quantitative estimate of drug-likeness (QED) is 0.601. The third-order valence-corrected chi connectivity index (χ3v) is 6.41. The maximum absolute atomic E-state index is 13.4. The van der Waals surface area contributed by atoms with E-state index in [2.05, 4.69) is 34.7 Å². The van der Waals surface area contributed by atoms with Crippen LogP contribution in [0.4, 0.5) is 0 Å². The van der Waals surface area contributed by atoms with Crippen LogP contribution in [0.3, 0.4) is 0 Å². The van der Waals surface area contributed by atoms with E-state index < -0.39 is 0 Å². The van der Waals surface area contributed by atoms with E-state index >= 15 is 0 Å². The van der Waals surface area contributed by atoms with E-state index in [0.717, 1.165) is 53.9 Å². The first-order chi connectivity index (χ1) is 15.5. The normalized spacial score (nSPS) is 15.3. The Kier molecular flexibility index (Phi) is 6.70. The van der Waals surface area contributed by atoms with Gasteiger partial charge in [-0.15, -0.1) is 0 Å². The lowest BCUT2D eigenvalue weighted by molar-refractivity contribution is 0.0892. The number of likely N-dealkylation sites (tertiary alicyclic amines) is 1. The zero-order chi connectivity index (χ0) is 22.7. The Morgan fingerprint density at radius 3 is 2.44 bits per heavy atom. The van der Waals surface area contributed by atoms with Gasteiger partial charge in [0.25, 0.3) is 5.91 Å². The van der Waals surface area contributed by atoms with Crippen LogP contribution in [0.2, 0.25) is 0 Å². The molecule has 0 atom stereocenters. The number of carbonyl (C=O) groups excluding carboxylic acids is 1. The number of fused-ring (bicyclic) bond motifs is 1. The van der Waals surface area contributed by atoms with Gasteiger partial charge in [0.1, 0.15) is 17.2 Å². The molecule has 2 heterocycles. The van der Waals surface area contributed by atoms with Crippen LogP contribution in [0.1, 0.15) is 42.7 Å². The molecule has 6 heteroatoms. The SMILES string of the molecule is COc1cccc(Cn2c(C(=O)NC3CCN(C(C)C)CC3)cc3cc(OC)ccc32)c1. The molecule has 0 saturated carbocycles. The van der Waals surface area contributed by atoms with E-state index in [0.29, 0.717) is 18.3 Å². The zero-order valence-electron chi connectivity index (χ0n) is 19.4. The van der Waals surface area contributed by atoms with Crippen LogP contribution in [0.5, 0.6) is 11.5 Å². The number of benzene rings is 2. The highest BCUT2D eigenvalue weighted by molar-refractivity contribution is 5.99. The molecule has 1 aliphatic heterocycles. The summed E-state index contributed by atoms with van der Waals surface area (Å²) in [4.78, 5) is 15.9. The first-order valence-corrected chi connectivity index (χ1v) is 11.3. The monoisotopic (exact) mass is 435 g/mol. The molecule has 3 aromatic rings. The van der Waals surface area contributed by atoms with Crippen molar-refractivity contribution in [2.24, 2.45) is 0 Å². The number of nitrogens with one attached hydrogen (secondary N) is 1. The molecule has 6 nitrogen and oxygen atoms in total. The Bertz CT molecular complexity index is 1080. The van der Waals surface area contributed by atoms with Gasteiger partial charge in [-0.1, -0.05) is 12.1 Å². The van der Waals surface area contributed by atoms with Gasteiger partial charge in [-0.05, 0) is 68.7 Å². The topological polar surface area (TPSA) is 55.7 Å². The Hall–Kier alpha value is -2.99. The first kappa shape index (κ1) is 22.2. The molecule has 1 N–H and O–H groups in total. The van der Waals surface area contributed by atoms with Gasteiger partial charge in [0.2, 0.25) is 0 Å². The molecule has 1 saturated heterocycles. The average molecular weight is 436 g/mol. The largest absolute Gasteiger partial charge is 0.497 e. The zero-order valence-corrected chi connectivity index (χ0v) is 19.4. The summed E-state index contributed by atoms with van der Waals surface area (Å²) in [5.41, 5.74) is 2.76. The van der Waals surface area contributed by atoms with Crippen molar-refractivity contribution in [2.45, 2.75) is 45.3 Å². The number of aromatic nitrogens is 1. The molecule has 0 aliphatic carbocycles. The summed E-state index contributed by atoms with van der Waals surface area (Å²) in [7, 11) is 3.32.